The first-order valence-corrected chi connectivity index (χ1v) is 9.76. The number of aromatic amines is 1. The summed E-state index contributed by atoms with van der Waals surface area (Å²) in [5.74, 6) is 1.81. The van der Waals surface area contributed by atoms with E-state index in [-0.39, 0.29) is 5.91 Å². The van der Waals surface area contributed by atoms with Crippen LogP contribution in [0.3, 0.4) is 0 Å². The van der Waals surface area contributed by atoms with Crippen molar-refractivity contribution in [1.29, 1.82) is 0 Å². The van der Waals surface area contributed by atoms with Crippen molar-refractivity contribution in [2.75, 3.05) is 44.3 Å². The number of nitrogens with one attached hydrogen (secondary N) is 1. The molecule has 0 saturated carbocycles. The summed E-state index contributed by atoms with van der Waals surface area (Å²) in [6.07, 6.45) is 2.38. The Hall–Kier alpha value is -3.15. The van der Waals surface area contributed by atoms with Gasteiger partial charge in [0.1, 0.15) is 13.2 Å². The van der Waals surface area contributed by atoms with Gasteiger partial charge in [0.25, 0.3) is 0 Å². The number of carbonyl (C=O) groups is 1. The third-order valence-corrected chi connectivity index (χ3v) is 5.54. The van der Waals surface area contributed by atoms with E-state index in [1.807, 2.05) is 41.4 Å². The molecule has 3 aromatic rings. The number of aromatic nitrogens is 1. The molecule has 6 heteroatoms. The lowest BCUT2D eigenvalue weighted by Gasteiger charge is -2.37. The minimum absolute atomic E-state index is 0.180. The quantitative estimate of drug-likeness (QED) is 0.763. The number of carbonyl (C=O) groups excluding carboxylic acids is 1. The summed E-state index contributed by atoms with van der Waals surface area (Å²) in [6.45, 7) is 4.18. The zero-order valence-electron chi connectivity index (χ0n) is 15.7. The van der Waals surface area contributed by atoms with Crippen molar-refractivity contribution in [2.24, 2.45) is 0 Å². The van der Waals surface area contributed by atoms with Gasteiger partial charge >= 0.3 is 0 Å². The van der Waals surface area contributed by atoms with Gasteiger partial charge in [-0.1, -0.05) is 24.3 Å². The Labute approximate surface area is 163 Å². The summed E-state index contributed by atoms with van der Waals surface area (Å²) >= 11 is 0. The monoisotopic (exact) mass is 377 g/mol. The van der Waals surface area contributed by atoms with Crippen LogP contribution in [-0.2, 0) is 11.2 Å². The van der Waals surface area contributed by atoms with Crippen molar-refractivity contribution in [3.63, 3.8) is 0 Å². The van der Waals surface area contributed by atoms with Gasteiger partial charge in [0, 0.05) is 43.3 Å². The van der Waals surface area contributed by atoms with E-state index in [1.54, 1.807) is 0 Å². The van der Waals surface area contributed by atoms with Crippen LogP contribution in [0.5, 0.6) is 11.5 Å². The molecule has 2 aromatic carbocycles. The second-order valence-corrected chi connectivity index (χ2v) is 7.21. The average molecular weight is 377 g/mol. The van der Waals surface area contributed by atoms with Gasteiger partial charge in [0.05, 0.1) is 12.1 Å². The predicted molar refractivity (Wildman–Crippen MR) is 108 cm³/mol. The molecule has 144 valence electrons. The van der Waals surface area contributed by atoms with Crippen LogP contribution in [0.15, 0.2) is 48.7 Å². The molecule has 6 nitrogen and oxygen atoms in total. The Balaban J connectivity index is 1.25. The van der Waals surface area contributed by atoms with Gasteiger partial charge in [-0.15, -0.1) is 0 Å². The van der Waals surface area contributed by atoms with E-state index in [0.29, 0.717) is 32.7 Å². The number of fused-ring (bicyclic) bond motifs is 2. The molecule has 28 heavy (non-hydrogen) atoms. The highest BCUT2D eigenvalue weighted by molar-refractivity contribution is 5.89. The van der Waals surface area contributed by atoms with Crippen LogP contribution in [-0.4, -0.2) is 55.2 Å². The van der Waals surface area contributed by atoms with Gasteiger partial charge in [-0.2, -0.15) is 0 Å². The molecule has 0 bridgehead atoms. The van der Waals surface area contributed by atoms with E-state index in [9.17, 15) is 4.79 Å². The minimum atomic E-state index is 0.180. The average Bonchev–Trinajstić information content (AvgIpc) is 3.16. The molecule has 0 aliphatic carbocycles. The number of hydrogen-bond acceptors (Lipinski definition) is 4. The van der Waals surface area contributed by atoms with Gasteiger partial charge in [0.15, 0.2) is 11.5 Å². The molecule has 1 fully saturated rings. The molecule has 1 amide bonds. The fraction of sp³-hybridized carbons (Fsp3) is 0.318. The number of H-pyrrole nitrogens is 1. The molecule has 1 saturated heterocycles. The number of nitrogens with zero attached hydrogens (tertiary/aromatic N) is 2. The number of amides is 1. The lowest BCUT2D eigenvalue weighted by molar-refractivity contribution is -0.130. The molecule has 0 atom stereocenters. The predicted octanol–water partition coefficient (Wildman–Crippen LogP) is 2.83. The standard InChI is InChI=1S/C22H23N3O3/c26-21(14-16-15-23-18-5-2-1-4-17(16)18)25-10-8-24(9-11-25)19-6-3-7-20-22(19)28-13-12-27-20/h1-7,15,23H,8-14H2. The van der Waals surface area contributed by atoms with Gasteiger partial charge in [0.2, 0.25) is 5.91 Å². The maximum atomic E-state index is 12.8. The maximum Gasteiger partial charge on any atom is 0.227 e. The van der Waals surface area contributed by atoms with Crippen LogP contribution in [0, 0.1) is 0 Å². The van der Waals surface area contributed by atoms with Crippen molar-refractivity contribution in [1.82, 2.24) is 9.88 Å². The van der Waals surface area contributed by atoms with E-state index < -0.39 is 0 Å². The first-order valence-electron chi connectivity index (χ1n) is 9.76. The SMILES string of the molecule is O=C(Cc1c[nH]c2ccccc12)N1CCN(c2cccc3c2OCCO3)CC1. The molecular weight excluding hydrogens is 354 g/mol. The Morgan fingerprint density at radius 3 is 2.68 bits per heavy atom. The smallest absolute Gasteiger partial charge is 0.227 e. The molecule has 0 radical (unpaired) electrons. The minimum Gasteiger partial charge on any atom is -0.486 e. The Morgan fingerprint density at radius 1 is 0.964 bits per heavy atom. The molecule has 1 N–H and O–H groups in total. The molecule has 0 unspecified atom stereocenters. The molecule has 1 aromatic heterocycles. The van der Waals surface area contributed by atoms with Crippen molar-refractivity contribution in [3.05, 3.63) is 54.2 Å². The lowest BCUT2D eigenvalue weighted by Crippen LogP contribution is -2.49. The summed E-state index contributed by atoms with van der Waals surface area (Å²) in [7, 11) is 0. The van der Waals surface area contributed by atoms with Crippen LogP contribution in [0.25, 0.3) is 10.9 Å². The van der Waals surface area contributed by atoms with E-state index in [1.165, 1.54) is 0 Å². The Morgan fingerprint density at radius 2 is 1.79 bits per heavy atom. The van der Waals surface area contributed by atoms with Gasteiger partial charge in [-0.25, -0.2) is 0 Å². The summed E-state index contributed by atoms with van der Waals surface area (Å²) in [5, 5.41) is 1.13. The number of rotatable bonds is 3. The third kappa shape index (κ3) is 3.05. The number of anilines is 1. The van der Waals surface area contributed by atoms with Crippen LogP contribution >= 0.6 is 0 Å². The zero-order chi connectivity index (χ0) is 18.9. The van der Waals surface area contributed by atoms with Crippen molar-refractivity contribution < 1.29 is 14.3 Å². The highest BCUT2D eigenvalue weighted by Crippen LogP contribution is 2.39. The number of piperazine rings is 1. The van der Waals surface area contributed by atoms with E-state index in [2.05, 4.69) is 22.0 Å². The van der Waals surface area contributed by atoms with E-state index in [0.717, 1.165) is 46.7 Å². The molecule has 5 rings (SSSR count). The number of ether oxygens (including phenoxy) is 2. The molecule has 0 spiro atoms. The summed E-state index contributed by atoms with van der Waals surface area (Å²) in [5.41, 5.74) is 3.19. The van der Waals surface area contributed by atoms with Crippen LogP contribution in [0.4, 0.5) is 5.69 Å². The number of para-hydroxylation sites is 2. The summed E-state index contributed by atoms with van der Waals surface area (Å²) in [4.78, 5) is 20.3. The highest BCUT2D eigenvalue weighted by atomic mass is 16.6. The summed E-state index contributed by atoms with van der Waals surface area (Å²) < 4.78 is 11.5. The largest absolute Gasteiger partial charge is 0.486 e. The Bertz CT molecular complexity index is 1010. The molecular formula is C22H23N3O3. The fourth-order valence-electron chi connectivity index (χ4n) is 4.06. The first-order chi connectivity index (χ1) is 13.8. The van der Waals surface area contributed by atoms with E-state index >= 15 is 0 Å². The van der Waals surface area contributed by atoms with Gasteiger partial charge in [-0.05, 0) is 23.8 Å². The maximum absolute atomic E-state index is 12.8. The Kier molecular flexibility index (Phi) is 4.31. The molecule has 2 aliphatic rings. The molecule has 2 aliphatic heterocycles. The topological polar surface area (TPSA) is 57.8 Å². The third-order valence-electron chi connectivity index (χ3n) is 5.54. The van der Waals surface area contributed by atoms with Crippen LogP contribution in [0.1, 0.15) is 5.56 Å². The first kappa shape index (κ1) is 17.0. The highest BCUT2D eigenvalue weighted by Gasteiger charge is 2.25. The van der Waals surface area contributed by atoms with E-state index in [4.69, 9.17) is 9.47 Å². The fourth-order valence-corrected chi connectivity index (χ4v) is 4.06. The van der Waals surface area contributed by atoms with Crippen LogP contribution < -0.4 is 14.4 Å². The van der Waals surface area contributed by atoms with Crippen LogP contribution in [0.2, 0.25) is 0 Å². The zero-order valence-corrected chi connectivity index (χ0v) is 15.7. The normalized spacial score (nSPS) is 16.4. The van der Waals surface area contributed by atoms with Crippen molar-refractivity contribution >= 4 is 22.5 Å². The summed E-state index contributed by atoms with van der Waals surface area (Å²) in [6, 6.07) is 14.1. The number of benzene rings is 2. The second kappa shape index (κ2) is 7.11. The van der Waals surface area contributed by atoms with Crippen molar-refractivity contribution in [3.8, 4) is 11.5 Å². The van der Waals surface area contributed by atoms with Gasteiger partial charge < -0.3 is 24.3 Å². The second-order valence-electron chi connectivity index (χ2n) is 7.21. The van der Waals surface area contributed by atoms with Gasteiger partial charge in [-0.3, -0.25) is 4.79 Å². The lowest BCUT2D eigenvalue weighted by atomic mass is 10.1. The number of hydrogen-bond donors (Lipinski definition) is 1. The van der Waals surface area contributed by atoms with Crippen molar-refractivity contribution in [2.45, 2.75) is 6.42 Å². The molecule has 3 heterocycles.